The van der Waals surface area contributed by atoms with E-state index in [9.17, 15) is 23.1 Å². The highest BCUT2D eigenvalue weighted by Gasteiger charge is 2.32. The Bertz CT molecular complexity index is 995. The van der Waals surface area contributed by atoms with Crippen LogP contribution in [0.25, 0.3) is 0 Å². The van der Waals surface area contributed by atoms with E-state index < -0.39 is 27.3 Å². The van der Waals surface area contributed by atoms with Gasteiger partial charge in [-0.1, -0.05) is 4.49 Å². The highest BCUT2D eigenvalue weighted by molar-refractivity contribution is 7.89. The normalized spacial score (nSPS) is 15.7. The third kappa shape index (κ3) is 3.63. The lowest BCUT2D eigenvalue weighted by atomic mass is 10.2. The number of hydrogen-bond donors (Lipinski definition) is 2. The first kappa shape index (κ1) is 19.2. The van der Waals surface area contributed by atoms with E-state index in [1.54, 1.807) is 6.92 Å². The number of aromatic carboxylic acids is 1. The summed E-state index contributed by atoms with van der Waals surface area (Å²) in [4.78, 5) is 25.3. The Morgan fingerprint density at radius 1 is 1.19 bits per heavy atom. The van der Waals surface area contributed by atoms with Crippen LogP contribution < -0.4 is 0 Å². The lowest BCUT2D eigenvalue weighted by Crippen LogP contribution is -2.50. The molecule has 0 atom stereocenters. The van der Waals surface area contributed by atoms with Crippen LogP contribution in [0.4, 0.5) is 0 Å². The van der Waals surface area contributed by atoms with Gasteiger partial charge in [-0.05, 0) is 36.7 Å². The van der Waals surface area contributed by atoms with Crippen molar-refractivity contribution in [3.05, 3.63) is 34.3 Å². The van der Waals surface area contributed by atoms with Crippen LogP contribution in [0.3, 0.4) is 0 Å². The summed E-state index contributed by atoms with van der Waals surface area (Å²) in [5, 5.41) is 22.4. The Balaban J connectivity index is 1.75. The van der Waals surface area contributed by atoms with Gasteiger partial charge >= 0.3 is 5.97 Å². The number of carboxylic acid groups (broad SMARTS) is 1. The number of benzene rings is 1. The van der Waals surface area contributed by atoms with Crippen molar-refractivity contribution in [2.45, 2.75) is 11.8 Å². The van der Waals surface area contributed by atoms with Gasteiger partial charge in [0, 0.05) is 26.2 Å². The van der Waals surface area contributed by atoms with Crippen LogP contribution in [0.2, 0.25) is 0 Å². The third-order valence-electron chi connectivity index (χ3n) is 4.21. The van der Waals surface area contributed by atoms with Crippen LogP contribution in [0.15, 0.2) is 23.1 Å². The number of aryl methyl sites for hydroxylation is 1. The first-order valence-electron chi connectivity index (χ1n) is 7.86. The van der Waals surface area contributed by atoms with E-state index in [2.05, 4.69) is 9.59 Å². The van der Waals surface area contributed by atoms with Gasteiger partial charge in [-0.25, -0.2) is 13.2 Å². The Labute approximate surface area is 158 Å². The number of piperazine rings is 1. The molecule has 27 heavy (non-hydrogen) atoms. The van der Waals surface area contributed by atoms with Gasteiger partial charge < -0.3 is 15.1 Å². The predicted molar refractivity (Wildman–Crippen MR) is 94.4 cm³/mol. The number of carbonyl (C=O) groups is 2. The minimum Gasteiger partial charge on any atom is -0.507 e. The molecule has 2 aromatic rings. The molecule has 0 radical (unpaired) electrons. The van der Waals surface area contributed by atoms with Crippen molar-refractivity contribution in [3.8, 4) is 5.75 Å². The van der Waals surface area contributed by atoms with Crippen LogP contribution in [0, 0.1) is 6.92 Å². The van der Waals surface area contributed by atoms with E-state index in [0.29, 0.717) is 10.6 Å². The fraction of sp³-hybridized carbons (Fsp3) is 0.333. The fourth-order valence-corrected chi connectivity index (χ4v) is 4.77. The van der Waals surface area contributed by atoms with Gasteiger partial charge in [-0.2, -0.15) is 4.31 Å². The average Bonchev–Trinajstić information content (AvgIpc) is 3.07. The summed E-state index contributed by atoms with van der Waals surface area (Å²) in [6, 6.07) is 3.12. The molecule has 144 valence electrons. The van der Waals surface area contributed by atoms with Crippen LogP contribution in [0.5, 0.6) is 5.75 Å². The Kier molecular flexibility index (Phi) is 5.13. The quantitative estimate of drug-likeness (QED) is 0.735. The molecule has 2 N–H and O–H groups in total. The highest BCUT2D eigenvalue weighted by atomic mass is 32.2. The summed E-state index contributed by atoms with van der Waals surface area (Å²) < 4.78 is 30.4. The molecule has 0 aliphatic carbocycles. The second-order valence-corrected chi connectivity index (χ2v) is 8.56. The number of aromatic nitrogens is 2. The molecule has 1 amide bonds. The van der Waals surface area contributed by atoms with Crippen molar-refractivity contribution < 1.29 is 28.2 Å². The molecule has 0 bridgehead atoms. The number of amides is 1. The van der Waals surface area contributed by atoms with E-state index in [4.69, 9.17) is 5.11 Å². The van der Waals surface area contributed by atoms with Gasteiger partial charge in [0.1, 0.15) is 16.2 Å². The fourth-order valence-electron chi connectivity index (χ4n) is 2.70. The van der Waals surface area contributed by atoms with Crippen molar-refractivity contribution in [1.29, 1.82) is 0 Å². The molecule has 1 aliphatic heterocycles. The van der Waals surface area contributed by atoms with Gasteiger partial charge in [0.05, 0.1) is 10.6 Å². The summed E-state index contributed by atoms with van der Waals surface area (Å²) in [5.74, 6) is -2.17. The number of hydrogen-bond acceptors (Lipinski definition) is 8. The number of carboxylic acids is 1. The largest absolute Gasteiger partial charge is 0.507 e. The Morgan fingerprint density at radius 2 is 1.85 bits per heavy atom. The molecule has 1 aromatic heterocycles. The molecule has 0 spiro atoms. The van der Waals surface area contributed by atoms with Gasteiger partial charge in [0.15, 0.2) is 0 Å². The zero-order valence-electron chi connectivity index (χ0n) is 14.2. The number of sulfonamides is 1. The first-order valence-corrected chi connectivity index (χ1v) is 10.1. The molecule has 12 heteroatoms. The first-order chi connectivity index (χ1) is 12.7. The van der Waals surface area contributed by atoms with Crippen molar-refractivity contribution in [1.82, 2.24) is 18.8 Å². The molecule has 1 aromatic carbocycles. The minimum atomic E-state index is -3.95. The number of nitrogens with zero attached hydrogens (tertiary/aromatic N) is 4. The summed E-state index contributed by atoms with van der Waals surface area (Å²) in [7, 11) is -3.95. The zero-order valence-corrected chi connectivity index (χ0v) is 15.8. The number of rotatable bonds is 4. The zero-order chi connectivity index (χ0) is 19.8. The summed E-state index contributed by atoms with van der Waals surface area (Å²) in [6.07, 6.45) is 0. The molecule has 10 nitrogen and oxygen atoms in total. The maximum atomic E-state index is 12.8. The van der Waals surface area contributed by atoms with E-state index in [1.165, 1.54) is 9.21 Å². The number of aromatic hydroxyl groups is 1. The SMILES string of the molecule is Cc1nnsc1C(=O)N1CCN(S(=O)(=O)c2ccc(O)c(C(=O)O)c2)CC1. The smallest absolute Gasteiger partial charge is 0.339 e. The molecule has 1 saturated heterocycles. The molecule has 1 aliphatic rings. The number of phenols is 1. The molecule has 0 saturated carbocycles. The third-order valence-corrected chi connectivity index (χ3v) is 6.92. The standard InChI is InChI=1S/C15H16N4O6S2/c1-9-13(26-17-16-9)14(21)18-4-6-19(7-5-18)27(24,25)10-2-3-12(20)11(8-10)15(22)23/h2-3,8,20H,4-7H2,1H3,(H,22,23). The maximum absolute atomic E-state index is 12.8. The molecule has 2 heterocycles. The second kappa shape index (κ2) is 7.21. The monoisotopic (exact) mass is 412 g/mol. The van der Waals surface area contributed by atoms with Crippen LogP contribution >= 0.6 is 11.5 Å². The van der Waals surface area contributed by atoms with Crippen molar-refractivity contribution in [2.24, 2.45) is 0 Å². The topological polar surface area (TPSA) is 141 Å². The second-order valence-electron chi connectivity index (χ2n) is 5.87. The summed E-state index contributed by atoms with van der Waals surface area (Å²) >= 11 is 0.997. The minimum absolute atomic E-state index is 0.0721. The van der Waals surface area contributed by atoms with Crippen molar-refractivity contribution in [2.75, 3.05) is 26.2 Å². The van der Waals surface area contributed by atoms with E-state index in [0.717, 1.165) is 29.7 Å². The van der Waals surface area contributed by atoms with E-state index in [1.807, 2.05) is 0 Å². The molecule has 0 unspecified atom stereocenters. The Morgan fingerprint density at radius 3 is 2.41 bits per heavy atom. The van der Waals surface area contributed by atoms with E-state index >= 15 is 0 Å². The van der Waals surface area contributed by atoms with Gasteiger partial charge in [0.25, 0.3) is 5.91 Å². The van der Waals surface area contributed by atoms with Crippen LogP contribution in [-0.4, -0.2) is 75.5 Å². The molecular weight excluding hydrogens is 396 g/mol. The summed E-state index contributed by atoms with van der Waals surface area (Å²) in [6.45, 7) is 2.21. The Hall–Kier alpha value is -2.57. The van der Waals surface area contributed by atoms with Crippen molar-refractivity contribution >= 4 is 33.4 Å². The van der Waals surface area contributed by atoms with Crippen molar-refractivity contribution in [3.63, 3.8) is 0 Å². The molecular formula is C15H16N4O6S2. The van der Waals surface area contributed by atoms with Gasteiger partial charge in [0.2, 0.25) is 10.0 Å². The van der Waals surface area contributed by atoms with Gasteiger partial charge in [-0.15, -0.1) is 5.10 Å². The lowest BCUT2D eigenvalue weighted by Gasteiger charge is -2.33. The van der Waals surface area contributed by atoms with Gasteiger partial charge in [-0.3, -0.25) is 4.79 Å². The lowest BCUT2D eigenvalue weighted by molar-refractivity contribution is 0.0686. The maximum Gasteiger partial charge on any atom is 0.339 e. The van der Waals surface area contributed by atoms with Crippen LogP contribution in [-0.2, 0) is 10.0 Å². The molecule has 3 rings (SSSR count). The number of carbonyl (C=O) groups excluding carboxylic acids is 1. The average molecular weight is 412 g/mol. The predicted octanol–water partition coefficient (Wildman–Crippen LogP) is 0.397. The van der Waals surface area contributed by atoms with Crippen LogP contribution in [0.1, 0.15) is 25.7 Å². The van der Waals surface area contributed by atoms with E-state index in [-0.39, 0.29) is 37.0 Å². The highest BCUT2D eigenvalue weighted by Crippen LogP contribution is 2.25. The molecule has 1 fully saturated rings. The summed E-state index contributed by atoms with van der Waals surface area (Å²) in [5.41, 5.74) is 0.0448.